The number of hydrogen-bond donors (Lipinski definition) is 1. The van der Waals surface area contributed by atoms with Gasteiger partial charge in [0.25, 0.3) is 0 Å². The summed E-state index contributed by atoms with van der Waals surface area (Å²) in [6, 6.07) is 0.103. The molecule has 0 saturated heterocycles. The third-order valence-corrected chi connectivity index (χ3v) is 2.51. The molecule has 1 unspecified atom stereocenters. The Kier molecular flexibility index (Phi) is 5.08. The number of halogens is 1. The maximum Gasteiger partial charge on any atom is 0.322 e. The smallest absolute Gasteiger partial charge is 0.322 e. The average Bonchev–Trinajstić information content (AvgIpc) is 2.34. The molecule has 0 radical (unpaired) electrons. The minimum absolute atomic E-state index is 0.0123. The largest absolute Gasteiger partial charge is 0.481 e. The summed E-state index contributed by atoms with van der Waals surface area (Å²) in [5.74, 6) is -1.10. The lowest BCUT2D eigenvalue weighted by atomic mass is 10.2. The molecule has 18 heavy (non-hydrogen) atoms. The summed E-state index contributed by atoms with van der Waals surface area (Å²) < 4.78 is 4.89. The first-order chi connectivity index (χ1) is 8.47. The Balaban J connectivity index is 2.94. The van der Waals surface area contributed by atoms with Crippen molar-refractivity contribution in [3.8, 4) is 6.01 Å². The summed E-state index contributed by atoms with van der Waals surface area (Å²) in [6.07, 6.45) is 0. The van der Waals surface area contributed by atoms with Gasteiger partial charge in [0.15, 0.2) is 0 Å². The van der Waals surface area contributed by atoms with Crippen molar-refractivity contribution in [2.75, 3.05) is 25.1 Å². The van der Waals surface area contributed by atoms with Crippen LogP contribution in [0.15, 0.2) is 0 Å². The SMILES string of the molecule is CCN(CC(C)C(=O)O)c1nc(Cl)nc(OC)n1. The highest BCUT2D eigenvalue weighted by Crippen LogP contribution is 2.16. The first-order valence-electron chi connectivity index (χ1n) is 5.41. The van der Waals surface area contributed by atoms with E-state index >= 15 is 0 Å². The van der Waals surface area contributed by atoms with E-state index < -0.39 is 11.9 Å². The van der Waals surface area contributed by atoms with Gasteiger partial charge in [0.1, 0.15) is 0 Å². The predicted octanol–water partition coefficient (Wildman–Crippen LogP) is 1.08. The predicted molar refractivity (Wildman–Crippen MR) is 66.1 cm³/mol. The minimum atomic E-state index is -0.874. The van der Waals surface area contributed by atoms with Crippen LogP contribution in [-0.2, 0) is 4.79 Å². The van der Waals surface area contributed by atoms with Gasteiger partial charge in [-0.15, -0.1) is 0 Å². The third-order valence-electron chi connectivity index (χ3n) is 2.34. The quantitative estimate of drug-likeness (QED) is 0.830. The molecule has 0 spiro atoms. The second kappa shape index (κ2) is 6.34. The lowest BCUT2D eigenvalue weighted by Gasteiger charge is -2.22. The van der Waals surface area contributed by atoms with E-state index in [-0.39, 0.29) is 17.8 Å². The number of anilines is 1. The fourth-order valence-corrected chi connectivity index (χ4v) is 1.46. The fraction of sp³-hybridized carbons (Fsp3) is 0.600. The van der Waals surface area contributed by atoms with Crippen molar-refractivity contribution in [2.24, 2.45) is 5.92 Å². The van der Waals surface area contributed by atoms with Crippen LogP contribution in [0.3, 0.4) is 0 Å². The van der Waals surface area contributed by atoms with E-state index in [0.29, 0.717) is 12.5 Å². The number of nitrogens with zero attached hydrogens (tertiary/aromatic N) is 4. The van der Waals surface area contributed by atoms with E-state index in [4.69, 9.17) is 21.4 Å². The summed E-state index contributed by atoms with van der Waals surface area (Å²) in [4.78, 5) is 24.3. The molecule has 100 valence electrons. The molecule has 1 aromatic heterocycles. The average molecular weight is 275 g/mol. The van der Waals surface area contributed by atoms with Crippen molar-refractivity contribution in [3.63, 3.8) is 0 Å². The van der Waals surface area contributed by atoms with Gasteiger partial charge in [0.2, 0.25) is 11.2 Å². The zero-order valence-corrected chi connectivity index (χ0v) is 11.2. The Morgan fingerprint density at radius 1 is 1.50 bits per heavy atom. The number of carbonyl (C=O) groups is 1. The maximum absolute atomic E-state index is 10.8. The van der Waals surface area contributed by atoms with E-state index in [2.05, 4.69) is 15.0 Å². The van der Waals surface area contributed by atoms with Crippen LogP contribution in [0.25, 0.3) is 0 Å². The third kappa shape index (κ3) is 3.69. The number of hydrogen-bond acceptors (Lipinski definition) is 6. The molecule has 1 rings (SSSR count). The van der Waals surface area contributed by atoms with Crippen molar-refractivity contribution >= 4 is 23.5 Å². The van der Waals surface area contributed by atoms with Crippen molar-refractivity contribution < 1.29 is 14.6 Å². The molecule has 0 aliphatic heterocycles. The number of aliphatic carboxylic acids is 1. The molecule has 1 heterocycles. The molecular formula is C10H15ClN4O3. The van der Waals surface area contributed by atoms with Crippen molar-refractivity contribution in [1.82, 2.24) is 15.0 Å². The standard InChI is InChI=1S/C10H15ClN4O3/c1-4-15(5-6(2)7(16)17)9-12-8(11)13-10(14-9)18-3/h6H,4-5H2,1-3H3,(H,16,17). The van der Waals surface area contributed by atoms with Crippen LogP contribution in [0, 0.1) is 5.92 Å². The van der Waals surface area contributed by atoms with Crippen LogP contribution in [0.5, 0.6) is 6.01 Å². The summed E-state index contributed by atoms with van der Waals surface area (Å²) in [7, 11) is 1.42. The molecule has 1 aromatic rings. The van der Waals surface area contributed by atoms with Crippen molar-refractivity contribution in [1.29, 1.82) is 0 Å². The van der Waals surface area contributed by atoms with Gasteiger partial charge in [-0.3, -0.25) is 4.79 Å². The Morgan fingerprint density at radius 2 is 2.17 bits per heavy atom. The van der Waals surface area contributed by atoms with Crippen molar-refractivity contribution in [3.05, 3.63) is 5.28 Å². The van der Waals surface area contributed by atoms with E-state index in [1.807, 2.05) is 6.92 Å². The molecular weight excluding hydrogens is 260 g/mol. The Morgan fingerprint density at radius 3 is 2.67 bits per heavy atom. The van der Waals surface area contributed by atoms with Gasteiger partial charge in [0.05, 0.1) is 13.0 Å². The topological polar surface area (TPSA) is 88.4 Å². The summed E-state index contributed by atoms with van der Waals surface area (Å²) in [5, 5.41) is 8.91. The zero-order valence-electron chi connectivity index (χ0n) is 10.4. The highest BCUT2D eigenvalue weighted by Gasteiger charge is 2.18. The van der Waals surface area contributed by atoms with Crippen LogP contribution in [0.1, 0.15) is 13.8 Å². The molecule has 0 bridgehead atoms. The highest BCUT2D eigenvalue weighted by molar-refractivity contribution is 6.28. The summed E-state index contributed by atoms with van der Waals surface area (Å²) in [5.41, 5.74) is 0. The van der Waals surface area contributed by atoms with Crippen molar-refractivity contribution in [2.45, 2.75) is 13.8 Å². The van der Waals surface area contributed by atoms with Crippen LogP contribution in [-0.4, -0.2) is 46.2 Å². The van der Waals surface area contributed by atoms with Crippen LogP contribution >= 0.6 is 11.6 Å². The van der Waals surface area contributed by atoms with Crippen LogP contribution < -0.4 is 9.64 Å². The normalized spacial score (nSPS) is 12.0. The van der Waals surface area contributed by atoms with E-state index in [0.717, 1.165) is 0 Å². The van der Waals surface area contributed by atoms with E-state index in [1.54, 1.807) is 11.8 Å². The number of rotatable bonds is 6. The second-order valence-corrected chi connectivity index (χ2v) is 4.01. The Hall–Kier alpha value is -1.63. The first kappa shape index (κ1) is 14.4. The number of aromatic nitrogens is 3. The van der Waals surface area contributed by atoms with Gasteiger partial charge in [-0.05, 0) is 18.5 Å². The lowest BCUT2D eigenvalue weighted by Crippen LogP contribution is -2.33. The monoisotopic (exact) mass is 274 g/mol. The van der Waals surface area contributed by atoms with Gasteiger partial charge in [0, 0.05) is 13.1 Å². The first-order valence-corrected chi connectivity index (χ1v) is 5.79. The Labute approximate surface area is 110 Å². The number of carboxylic acid groups (broad SMARTS) is 1. The second-order valence-electron chi connectivity index (χ2n) is 3.67. The molecule has 0 aliphatic carbocycles. The van der Waals surface area contributed by atoms with E-state index in [1.165, 1.54) is 7.11 Å². The molecule has 0 fully saturated rings. The minimum Gasteiger partial charge on any atom is -0.481 e. The number of carboxylic acids is 1. The lowest BCUT2D eigenvalue weighted by molar-refractivity contribution is -0.140. The molecule has 0 saturated carbocycles. The molecule has 0 amide bonds. The zero-order chi connectivity index (χ0) is 13.7. The van der Waals surface area contributed by atoms with Crippen LogP contribution in [0.4, 0.5) is 5.95 Å². The molecule has 0 aliphatic rings. The fourth-order valence-electron chi connectivity index (χ4n) is 1.32. The number of methoxy groups -OCH3 is 1. The Bertz CT molecular complexity index is 430. The highest BCUT2D eigenvalue weighted by atomic mass is 35.5. The van der Waals surface area contributed by atoms with E-state index in [9.17, 15) is 4.79 Å². The van der Waals surface area contributed by atoms with Gasteiger partial charge < -0.3 is 14.7 Å². The van der Waals surface area contributed by atoms with Gasteiger partial charge in [-0.1, -0.05) is 6.92 Å². The molecule has 1 N–H and O–H groups in total. The molecule has 7 nitrogen and oxygen atoms in total. The summed E-state index contributed by atoms with van der Waals surface area (Å²) in [6.45, 7) is 4.33. The van der Waals surface area contributed by atoms with Gasteiger partial charge in [-0.2, -0.15) is 15.0 Å². The maximum atomic E-state index is 10.8. The molecule has 8 heteroatoms. The molecule has 0 aromatic carbocycles. The van der Waals surface area contributed by atoms with Gasteiger partial charge >= 0.3 is 12.0 Å². The molecule has 1 atom stereocenters. The van der Waals surface area contributed by atoms with Gasteiger partial charge in [-0.25, -0.2) is 0 Å². The number of ether oxygens (including phenoxy) is 1. The summed E-state index contributed by atoms with van der Waals surface area (Å²) >= 11 is 5.74. The van der Waals surface area contributed by atoms with Crippen LogP contribution in [0.2, 0.25) is 5.28 Å².